The number of thioether (sulfide) groups is 1. The summed E-state index contributed by atoms with van der Waals surface area (Å²) in [4.78, 5) is 19.1. The molecule has 0 bridgehead atoms. The van der Waals surface area contributed by atoms with Crippen LogP contribution in [0.25, 0.3) is 11.3 Å². The minimum atomic E-state index is -0.443. The smallest absolute Gasteiger partial charge is 0.270 e. The summed E-state index contributed by atoms with van der Waals surface area (Å²) >= 11 is 4.81. The molecule has 0 fully saturated rings. The average Bonchev–Trinajstić information content (AvgIpc) is 2.67. The van der Waals surface area contributed by atoms with Crippen molar-refractivity contribution >= 4 is 27.7 Å². The van der Waals surface area contributed by atoms with Crippen molar-refractivity contribution in [2.75, 3.05) is 6.26 Å². The monoisotopic (exact) mass is 427 g/mol. The standard InChI is InChI=1S/C19H14BrN3O2S/c1-26-19-22-17(15(10-21)18(24)23-19)12-6-4-7-14(9-12)25-11-13-5-2-3-8-16(13)20/h2-9H,11H2,1H3,(H,22,23,24). The van der Waals surface area contributed by atoms with Crippen LogP contribution in [0.15, 0.2) is 63.0 Å². The van der Waals surface area contributed by atoms with E-state index in [1.807, 2.05) is 48.7 Å². The molecule has 3 rings (SSSR count). The number of hydrogen-bond acceptors (Lipinski definition) is 5. The fourth-order valence-corrected chi connectivity index (χ4v) is 3.15. The zero-order valence-electron chi connectivity index (χ0n) is 13.8. The Morgan fingerprint density at radius 1 is 1.27 bits per heavy atom. The Morgan fingerprint density at radius 2 is 2.08 bits per heavy atom. The second-order valence-electron chi connectivity index (χ2n) is 5.32. The number of aromatic nitrogens is 2. The predicted octanol–water partition coefficient (Wildman–Crippen LogP) is 4.37. The molecule has 0 saturated heterocycles. The second kappa shape index (κ2) is 8.21. The summed E-state index contributed by atoms with van der Waals surface area (Å²) in [6, 6.07) is 17.0. The molecule has 0 aliphatic carbocycles. The van der Waals surface area contributed by atoms with Crippen LogP contribution in [0.2, 0.25) is 0 Å². The molecule has 0 radical (unpaired) electrons. The van der Waals surface area contributed by atoms with Crippen LogP contribution in [0.5, 0.6) is 5.75 Å². The molecule has 0 spiro atoms. The van der Waals surface area contributed by atoms with E-state index in [0.717, 1.165) is 10.0 Å². The van der Waals surface area contributed by atoms with Crippen molar-refractivity contribution in [1.82, 2.24) is 9.97 Å². The fraction of sp³-hybridized carbons (Fsp3) is 0.105. The molecule has 3 aromatic rings. The first-order valence-electron chi connectivity index (χ1n) is 7.67. The van der Waals surface area contributed by atoms with Crippen LogP contribution in [0, 0.1) is 11.3 Å². The Kier molecular flexibility index (Phi) is 5.76. The first-order chi connectivity index (χ1) is 12.6. The third-order valence-corrected chi connectivity index (χ3v) is 5.02. The van der Waals surface area contributed by atoms with Crippen molar-refractivity contribution in [3.8, 4) is 23.1 Å². The van der Waals surface area contributed by atoms with Crippen molar-refractivity contribution in [2.24, 2.45) is 0 Å². The Bertz CT molecular complexity index is 1040. The Hall–Kier alpha value is -2.56. The summed E-state index contributed by atoms with van der Waals surface area (Å²) < 4.78 is 6.84. The molecular formula is C19H14BrN3O2S. The summed E-state index contributed by atoms with van der Waals surface area (Å²) in [5, 5.41) is 9.78. The molecule has 130 valence electrons. The van der Waals surface area contributed by atoms with Gasteiger partial charge in [-0.05, 0) is 24.5 Å². The minimum Gasteiger partial charge on any atom is -0.489 e. The average molecular weight is 428 g/mol. The van der Waals surface area contributed by atoms with Crippen LogP contribution in [0.3, 0.4) is 0 Å². The first kappa shape index (κ1) is 18.2. The third-order valence-electron chi connectivity index (χ3n) is 3.66. The highest BCUT2D eigenvalue weighted by molar-refractivity contribution is 9.10. The van der Waals surface area contributed by atoms with E-state index in [-0.39, 0.29) is 5.56 Å². The molecule has 1 N–H and O–H groups in total. The van der Waals surface area contributed by atoms with Gasteiger partial charge < -0.3 is 9.72 Å². The maximum absolute atomic E-state index is 12.1. The zero-order chi connectivity index (χ0) is 18.5. The topological polar surface area (TPSA) is 78.8 Å². The van der Waals surface area contributed by atoms with E-state index in [1.54, 1.807) is 12.1 Å². The zero-order valence-corrected chi connectivity index (χ0v) is 16.2. The number of H-pyrrole nitrogens is 1. The van der Waals surface area contributed by atoms with Crippen LogP contribution >= 0.6 is 27.7 Å². The van der Waals surface area contributed by atoms with E-state index in [4.69, 9.17) is 4.74 Å². The van der Waals surface area contributed by atoms with Crippen molar-refractivity contribution in [3.05, 3.63) is 74.5 Å². The maximum atomic E-state index is 12.1. The summed E-state index contributed by atoms with van der Waals surface area (Å²) in [7, 11) is 0. The van der Waals surface area contributed by atoms with Gasteiger partial charge in [0.05, 0.1) is 5.69 Å². The molecule has 0 aliphatic heterocycles. The highest BCUT2D eigenvalue weighted by Crippen LogP contribution is 2.26. The number of benzene rings is 2. The molecule has 1 aromatic heterocycles. The molecule has 1 heterocycles. The highest BCUT2D eigenvalue weighted by Gasteiger charge is 2.14. The molecule has 5 nitrogen and oxygen atoms in total. The number of hydrogen-bond donors (Lipinski definition) is 1. The molecular weight excluding hydrogens is 414 g/mol. The predicted molar refractivity (Wildman–Crippen MR) is 105 cm³/mol. The van der Waals surface area contributed by atoms with E-state index in [0.29, 0.717) is 28.8 Å². The summed E-state index contributed by atoms with van der Waals surface area (Å²) in [5.74, 6) is 0.634. The minimum absolute atomic E-state index is 0.00856. The summed E-state index contributed by atoms with van der Waals surface area (Å²) in [6.45, 7) is 0.398. The van der Waals surface area contributed by atoms with Gasteiger partial charge in [-0.1, -0.05) is 58.0 Å². The lowest BCUT2D eigenvalue weighted by Gasteiger charge is -2.10. The van der Waals surface area contributed by atoms with E-state index in [2.05, 4.69) is 25.9 Å². The molecule has 26 heavy (non-hydrogen) atoms. The van der Waals surface area contributed by atoms with Gasteiger partial charge >= 0.3 is 0 Å². The molecule has 0 saturated carbocycles. The van der Waals surface area contributed by atoms with E-state index in [1.165, 1.54) is 11.8 Å². The molecule has 0 amide bonds. The van der Waals surface area contributed by atoms with E-state index >= 15 is 0 Å². The van der Waals surface area contributed by atoms with E-state index in [9.17, 15) is 10.1 Å². The molecule has 0 unspecified atom stereocenters. The second-order valence-corrected chi connectivity index (χ2v) is 6.97. The van der Waals surface area contributed by atoms with Gasteiger partial charge in [0.25, 0.3) is 5.56 Å². The third kappa shape index (κ3) is 3.98. The largest absolute Gasteiger partial charge is 0.489 e. The van der Waals surface area contributed by atoms with Crippen molar-refractivity contribution in [3.63, 3.8) is 0 Å². The van der Waals surface area contributed by atoms with Crippen LogP contribution in [-0.2, 0) is 6.61 Å². The number of aromatic amines is 1. The van der Waals surface area contributed by atoms with E-state index < -0.39 is 5.56 Å². The molecule has 2 aromatic carbocycles. The van der Waals surface area contributed by atoms with Gasteiger partial charge in [-0.15, -0.1) is 0 Å². The lowest BCUT2D eigenvalue weighted by atomic mass is 10.1. The van der Waals surface area contributed by atoms with Gasteiger partial charge in [-0.2, -0.15) is 5.26 Å². The van der Waals surface area contributed by atoms with Crippen molar-refractivity contribution in [1.29, 1.82) is 5.26 Å². The van der Waals surface area contributed by atoms with Gasteiger partial charge in [0.15, 0.2) is 5.16 Å². The number of nitrogens with one attached hydrogen (secondary N) is 1. The lowest BCUT2D eigenvalue weighted by molar-refractivity contribution is 0.305. The van der Waals surface area contributed by atoms with Crippen molar-refractivity contribution < 1.29 is 4.74 Å². The molecule has 0 aliphatic rings. The SMILES string of the molecule is CSc1nc(-c2cccc(OCc3ccccc3Br)c2)c(C#N)c(=O)[nH]1. The maximum Gasteiger partial charge on any atom is 0.270 e. The highest BCUT2D eigenvalue weighted by atomic mass is 79.9. The Labute approximate surface area is 163 Å². The molecule has 0 atom stereocenters. The van der Waals surface area contributed by atoms with Crippen LogP contribution in [0.1, 0.15) is 11.1 Å². The normalized spacial score (nSPS) is 10.3. The Morgan fingerprint density at radius 3 is 2.81 bits per heavy atom. The van der Waals surface area contributed by atoms with Crippen LogP contribution in [0.4, 0.5) is 0 Å². The number of nitriles is 1. The van der Waals surface area contributed by atoms with Gasteiger partial charge in [-0.25, -0.2) is 4.98 Å². The van der Waals surface area contributed by atoms with Crippen LogP contribution < -0.4 is 10.3 Å². The van der Waals surface area contributed by atoms with Gasteiger partial charge in [-0.3, -0.25) is 4.79 Å². The van der Waals surface area contributed by atoms with Gasteiger partial charge in [0.1, 0.15) is 24.0 Å². The number of halogens is 1. The number of rotatable bonds is 5. The van der Waals surface area contributed by atoms with Gasteiger partial charge in [0, 0.05) is 15.6 Å². The lowest BCUT2D eigenvalue weighted by Crippen LogP contribution is -2.14. The fourth-order valence-electron chi connectivity index (χ4n) is 2.37. The first-order valence-corrected chi connectivity index (χ1v) is 9.69. The summed E-state index contributed by atoms with van der Waals surface area (Å²) in [5.41, 5.74) is 1.58. The van der Waals surface area contributed by atoms with Crippen molar-refractivity contribution in [2.45, 2.75) is 11.8 Å². The summed E-state index contributed by atoms with van der Waals surface area (Å²) in [6.07, 6.45) is 1.81. The van der Waals surface area contributed by atoms with Gasteiger partial charge in [0.2, 0.25) is 0 Å². The van der Waals surface area contributed by atoms with Crippen LogP contribution in [-0.4, -0.2) is 16.2 Å². The number of nitrogens with zero attached hydrogens (tertiary/aromatic N) is 2. The molecule has 7 heteroatoms. The quantitative estimate of drug-likeness (QED) is 0.482. The number of ether oxygens (including phenoxy) is 1. The Balaban J connectivity index is 1.93.